The monoisotopic (exact) mass is 348 g/mol. The van der Waals surface area contributed by atoms with Crippen molar-refractivity contribution in [3.05, 3.63) is 40.8 Å². The van der Waals surface area contributed by atoms with Gasteiger partial charge in [0.05, 0.1) is 18.1 Å². The van der Waals surface area contributed by atoms with Crippen molar-refractivity contribution in [3.63, 3.8) is 0 Å². The third kappa shape index (κ3) is 5.06. The summed E-state index contributed by atoms with van der Waals surface area (Å²) in [5, 5.41) is 14.5. The molecule has 2 heterocycles. The van der Waals surface area contributed by atoms with E-state index < -0.39 is 4.92 Å². The SMILES string of the molecule is COCCN(CCOC)c1ncnc(Nc2ccccn2)c1[N+](=O)[O-]. The van der Waals surface area contributed by atoms with Crippen LogP contribution in [0.1, 0.15) is 0 Å². The van der Waals surface area contributed by atoms with Gasteiger partial charge < -0.3 is 19.7 Å². The van der Waals surface area contributed by atoms with Crippen LogP contribution in [0.2, 0.25) is 0 Å². The van der Waals surface area contributed by atoms with Crippen LogP contribution < -0.4 is 10.2 Å². The minimum absolute atomic E-state index is 0.0773. The molecule has 0 unspecified atom stereocenters. The second-order valence-electron chi connectivity index (χ2n) is 4.96. The van der Waals surface area contributed by atoms with E-state index in [1.165, 1.54) is 6.33 Å². The van der Waals surface area contributed by atoms with Crippen molar-refractivity contribution < 1.29 is 14.4 Å². The average molecular weight is 348 g/mol. The zero-order chi connectivity index (χ0) is 18.1. The number of nitrogens with one attached hydrogen (secondary N) is 1. The number of hydrogen-bond acceptors (Lipinski definition) is 9. The first-order valence-electron chi connectivity index (χ1n) is 7.57. The fourth-order valence-electron chi connectivity index (χ4n) is 2.15. The largest absolute Gasteiger partial charge is 0.383 e. The second kappa shape index (κ2) is 9.45. The fraction of sp³-hybridized carbons (Fsp3) is 0.400. The van der Waals surface area contributed by atoms with Crippen LogP contribution in [-0.4, -0.2) is 60.4 Å². The van der Waals surface area contributed by atoms with Gasteiger partial charge in [-0.1, -0.05) is 6.07 Å². The number of nitrogens with zero attached hydrogens (tertiary/aromatic N) is 5. The van der Waals surface area contributed by atoms with Gasteiger partial charge in [-0.2, -0.15) is 0 Å². The molecular formula is C15H20N6O4. The van der Waals surface area contributed by atoms with E-state index >= 15 is 0 Å². The van der Waals surface area contributed by atoms with Gasteiger partial charge in [0, 0.05) is 33.5 Å². The first-order valence-corrected chi connectivity index (χ1v) is 7.57. The topological polar surface area (TPSA) is 116 Å². The summed E-state index contributed by atoms with van der Waals surface area (Å²) in [5.41, 5.74) is -0.222. The molecule has 25 heavy (non-hydrogen) atoms. The van der Waals surface area contributed by atoms with Gasteiger partial charge in [-0.3, -0.25) is 10.1 Å². The van der Waals surface area contributed by atoms with Gasteiger partial charge in [0.25, 0.3) is 0 Å². The molecule has 0 spiro atoms. The van der Waals surface area contributed by atoms with Crippen LogP contribution in [-0.2, 0) is 9.47 Å². The van der Waals surface area contributed by atoms with Crippen LogP contribution in [0.3, 0.4) is 0 Å². The summed E-state index contributed by atoms with van der Waals surface area (Å²) >= 11 is 0. The molecule has 0 amide bonds. The Kier molecular flexibility index (Phi) is 6.99. The molecule has 0 saturated carbocycles. The fourth-order valence-corrected chi connectivity index (χ4v) is 2.15. The average Bonchev–Trinajstić information content (AvgIpc) is 2.62. The van der Waals surface area contributed by atoms with E-state index in [9.17, 15) is 10.1 Å². The van der Waals surface area contributed by atoms with Gasteiger partial charge in [0.2, 0.25) is 11.6 Å². The van der Waals surface area contributed by atoms with Gasteiger partial charge in [0.15, 0.2) is 0 Å². The van der Waals surface area contributed by atoms with E-state index in [-0.39, 0.29) is 17.3 Å². The number of ether oxygens (including phenoxy) is 2. The summed E-state index contributed by atoms with van der Waals surface area (Å²) in [4.78, 5) is 25.1. The molecule has 0 aromatic carbocycles. The van der Waals surface area contributed by atoms with Crippen molar-refractivity contribution in [2.24, 2.45) is 0 Å². The quantitative estimate of drug-likeness (QED) is 0.505. The summed E-state index contributed by atoms with van der Waals surface area (Å²) in [7, 11) is 3.13. The maximum atomic E-state index is 11.7. The van der Waals surface area contributed by atoms with Gasteiger partial charge in [-0.15, -0.1) is 0 Å². The minimum Gasteiger partial charge on any atom is -0.383 e. The molecule has 10 nitrogen and oxygen atoms in total. The Labute approximate surface area is 145 Å². The van der Waals surface area contributed by atoms with Gasteiger partial charge in [-0.25, -0.2) is 15.0 Å². The van der Waals surface area contributed by atoms with Crippen LogP contribution in [0.15, 0.2) is 30.7 Å². The Hall–Kier alpha value is -2.85. The van der Waals surface area contributed by atoms with Crippen LogP contribution in [0, 0.1) is 10.1 Å². The lowest BCUT2D eigenvalue weighted by atomic mass is 10.3. The molecule has 1 N–H and O–H groups in total. The minimum atomic E-state index is -0.507. The summed E-state index contributed by atoms with van der Waals surface area (Å²) in [6, 6.07) is 5.22. The van der Waals surface area contributed by atoms with E-state index in [0.717, 1.165) is 0 Å². The van der Waals surface area contributed by atoms with E-state index in [4.69, 9.17) is 9.47 Å². The molecular weight excluding hydrogens is 328 g/mol. The zero-order valence-corrected chi connectivity index (χ0v) is 14.1. The molecule has 0 aliphatic carbocycles. The molecule has 0 atom stereocenters. The van der Waals surface area contributed by atoms with Gasteiger partial charge in [-0.05, 0) is 12.1 Å². The molecule has 10 heteroatoms. The summed E-state index contributed by atoms with van der Waals surface area (Å²) in [6.07, 6.45) is 2.86. The number of pyridine rings is 1. The molecule has 0 aliphatic heterocycles. The standard InChI is InChI=1S/C15H20N6O4/c1-24-9-7-20(8-10-25-2)15-13(21(22)23)14(17-11-18-15)19-12-5-3-4-6-16-12/h3-6,11H,7-10H2,1-2H3,(H,16,17,18,19). The molecule has 0 saturated heterocycles. The van der Waals surface area contributed by atoms with E-state index in [1.54, 1.807) is 43.5 Å². The number of rotatable bonds is 10. The van der Waals surface area contributed by atoms with Gasteiger partial charge >= 0.3 is 5.69 Å². The van der Waals surface area contributed by atoms with Crippen molar-refractivity contribution in [1.82, 2.24) is 15.0 Å². The van der Waals surface area contributed by atoms with Crippen LogP contribution in [0.25, 0.3) is 0 Å². The Bertz CT molecular complexity index is 677. The lowest BCUT2D eigenvalue weighted by molar-refractivity contribution is -0.383. The smallest absolute Gasteiger partial charge is 0.353 e. The first-order chi connectivity index (χ1) is 12.2. The second-order valence-corrected chi connectivity index (χ2v) is 4.96. The number of hydrogen-bond donors (Lipinski definition) is 1. The van der Waals surface area contributed by atoms with Crippen LogP contribution >= 0.6 is 0 Å². The van der Waals surface area contributed by atoms with E-state index in [0.29, 0.717) is 32.1 Å². The number of nitro groups is 1. The highest BCUT2D eigenvalue weighted by Gasteiger charge is 2.27. The van der Waals surface area contributed by atoms with Crippen molar-refractivity contribution in [3.8, 4) is 0 Å². The zero-order valence-electron chi connectivity index (χ0n) is 14.1. The normalized spacial score (nSPS) is 10.5. The predicted molar refractivity (Wildman–Crippen MR) is 92.2 cm³/mol. The molecule has 0 bridgehead atoms. The van der Waals surface area contributed by atoms with Gasteiger partial charge in [0.1, 0.15) is 12.1 Å². The summed E-state index contributed by atoms with van der Waals surface area (Å²) in [6.45, 7) is 1.66. The molecule has 0 aliphatic rings. The number of aromatic nitrogens is 3. The molecule has 2 rings (SSSR count). The highest BCUT2D eigenvalue weighted by molar-refractivity contribution is 5.73. The highest BCUT2D eigenvalue weighted by atomic mass is 16.6. The van der Waals surface area contributed by atoms with Crippen molar-refractivity contribution in [2.45, 2.75) is 0 Å². The van der Waals surface area contributed by atoms with Crippen LogP contribution in [0.4, 0.5) is 23.1 Å². The van der Waals surface area contributed by atoms with E-state index in [1.807, 2.05) is 0 Å². The van der Waals surface area contributed by atoms with E-state index in [2.05, 4.69) is 20.3 Å². The summed E-state index contributed by atoms with van der Waals surface area (Å²) in [5.74, 6) is 0.733. The first kappa shape index (κ1) is 18.5. The summed E-state index contributed by atoms with van der Waals surface area (Å²) < 4.78 is 10.2. The molecule has 2 aromatic heterocycles. The molecule has 2 aromatic rings. The van der Waals surface area contributed by atoms with Crippen molar-refractivity contribution >= 4 is 23.1 Å². The Morgan fingerprint density at radius 3 is 2.44 bits per heavy atom. The van der Waals surface area contributed by atoms with Crippen molar-refractivity contribution in [2.75, 3.05) is 50.7 Å². The Balaban J connectivity index is 2.38. The van der Waals surface area contributed by atoms with Crippen molar-refractivity contribution in [1.29, 1.82) is 0 Å². The molecule has 0 radical (unpaired) electrons. The lowest BCUT2D eigenvalue weighted by Crippen LogP contribution is -2.32. The maximum Gasteiger partial charge on any atom is 0.353 e. The lowest BCUT2D eigenvalue weighted by Gasteiger charge is -2.23. The third-order valence-electron chi connectivity index (χ3n) is 3.33. The molecule has 0 fully saturated rings. The Morgan fingerprint density at radius 1 is 1.16 bits per heavy atom. The maximum absolute atomic E-state index is 11.7. The number of anilines is 3. The van der Waals surface area contributed by atoms with Crippen LogP contribution in [0.5, 0.6) is 0 Å². The highest BCUT2D eigenvalue weighted by Crippen LogP contribution is 2.32. The Morgan fingerprint density at radius 2 is 1.88 bits per heavy atom. The predicted octanol–water partition coefficient (Wildman–Crippen LogP) is 1.62. The molecule has 134 valence electrons. The third-order valence-corrected chi connectivity index (χ3v) is 3.33. The number of methoxy groups -OCH3 is 2.